The van der Waals surface area contributed by atoms with Crippen LogP contribution in [0.15, 0.2) is 0 Å². The number of hydrogen-bond donors (Lipinski definition) is 1. The van der Waals surface area contributed by atoms with Crippen molar-refractivity contribution in [3.63, 3.8) is 0 Å². The van der Waals surface area contributed by atoms with E-state index < -0.39 is 8.32 Å². The Morgan fingerprint density at radius 1 is 1.50 bits per heavy atom. The van der Waals surface area contributed by atoms with E-state index in [1.165, 1.54) is 0 Å². The minimum Gasteiger partial charge on any atom is -0.420 e. The molecule has 0 radical (unpaired) electrons. The highest BCUT2D eigenvalue weighted by atomic mass is 28.4. The third-order valence-corrected chi connectivity index (χ3v) is 5.85. The smallest absolute Gasteiger partial charge is 0.190 e. The zero-order valence-electron chi connectivity index (χ0n) is 7.69. The van der Waals surface area contributed by atoms with Crippen LogP contribution in [0.4, 0.5) is 0 Å². The Labute approximate surface area is 65.1 Å². The largest absolute Gasteiger partial charge is 0.420 e. The van der Waals surface area contributed by atoms with Crippen molar-refractivity contribution >= 4 is 8.32 Å². The third-order valence-electron chi connectivity index (χ3n) is 2.22. The topological polar surface area (TPSA) is 21.3 Å². The molecular weight excluding hydrogens is 142 g/mol. The minimum atomic E-state index is -1.36. The SMILES string of the molecule is CNCC(C)[Si](C)(C)OC. The molecule has 0 bridgehead atoms. The summed E-state index contributed by atoms with van der Waals surface area (Å²) in [6.45, 7) is 7.79. The van der Waals surface area contributed by atoms with Gasteiger partial charge in [0.25, 0.3) is 0 Å². The Bertz CT molecular complexity index is 95.6. The van der Waals surface area contributed by atoms with Crippen LogP contribution in [-0.4, -0.2) is 29.0 Å². The van der Waals surface area contributed by atoms with Crippen LogP contribution in [0.2, 0.25) is 18.6 Å². The number of nitrogens with one attached hydrogen (secondary N) is 1. The van der Waals surface area contributed by atoms with Crippen molar-refractivity contribution in [1.29, 1.82) is 0 Å². The molecule has 0 aromatic heterocycles. The monoisotopic (exact) mass is 161 g/mol. The van der Waals surface area contributed by atoms with Gasteiger partial charge in [-0.1, -0.05) is 6.92 Å². The van der Waals surface area contributed by atoms with Crippen LogP contribution < -0.4 is 5.32 Å². The Kier molecular flexibility index (Phi) is 4.16. The molecule has 0 saturated carbocycles. The average Bonchev–Trinajstić information content (AvgIpc) is 1.89. The summed E-state index contributed by atoms with van der Waals surface area (Å²) in [5.74, 6) is 0. The van der Waals surface area contributed by atoms with Gasteiger partial charge < -0.3 is 9.74 Å². The summed E-state index contributed by atoms with van der Waals surface area (Å²) in [7, 11) is 2.44. The maximum absolute atomic E-state index is 5.45. The summed E-state index contributed by atoms with van der Waals surface area (Å²) >= 11 is 0. The second-order valence-corrected chi connectivity index (χ2v) is 7.87. The van der Waals surface area contributed by atoms with Gasteiger partial charge in [0, 0.05) is 7.11 Å². The Morgan fingerprint density at radius 3 is 2.30 bits per heavy atom. The maximum Gasteiger partial charge on any atom is 0.190 e. The number of hydrogen-bond acceptors (Lipinski definition) is 2. The predicted molar refractivity (Wildman–Crippen MR) is 47.8 cm³/mol. The van der Waals surface area contributed by atoms with E-state index in [2.05, 4.69) is 25.3 Å². The first-order chi connectivity index (χ1) is 4.54. The Hall–Kier alpha value is 0.137. The second-order valence-electron chi connectivity index (χ2n) is 3.27. The van der Waals surface area contributed by atoms with Gasteiger partial charge in [0.2, 0.25) is 0 Å². The second kappa shape index (κ2) is 4.11. The molecule has 0 amide bonds. The fraction of sp³-hybridized carbons (Fsp3) is 1.00. The fourth-order valence-electron chi connectivity index (χ4n) is 0.753. The summed E-state index contributed by atoms with van der Waals surface area (Å²) in [5, 5.41) is 3.16. The highest BCUT2D eigenvalue weighted by Gasteiger charge is 2.27. The molecule has 0 aromatic carbocycles. The van der Waals surface area contributed by atoms with Gasteiger partial charge in [-0.25, -0.2) is 0 Å². The van der Waals surface area contributed by atoms with Crippen molar-refractivity contribution < 1.29 is 4.43 Å². The Morgan fingerprint density at radius 2 is 2.00 bits per heavy atom. The van der Waals surface area contributed by atoms with Crippen molar-refractivity contribution in [2.45, 2.75) is 25.6 Å². The summed E-state index contributed by atoms with van der Waals surface area (Å²) in [4.78, 5) is 0. The summed E-state index contributed by atoms with van der Waals surface area (Å²) < 4.78 is 5.45. The van der Waals surface area contributed by atoms with Crippen LogP contribution >= 0.6 is 0 Å². The highest BCUT2D eigenvalue weighted by molar-refractivity contribution is 6.72. The molecule has 3 heteroatoms. The summed E-state index contributed by atoms with van der Waals surface area (Å²) in [5.41, 5.74) is 0.683. The van der Waals surface area contributed by atoms with Gasteiger partial charge in [0.15, 0.2) is 8.32 Å². The molecule has 0 aromatic rings. The van der Waals surface area contributed by atoms with Crippen molar-refractivity contribution in [2.24, 2.45) is 0 Å². The summed E-state index contributed by atoms with van der Waals surface area (Å²) in [6.07, 6.45) is 0. The van der Waals surface area contributed by atoms with E-state index in [0.29, 0.717) is 5.54 Å². The molecule has 2 nitrogen and oxygen atoms in total. The first kappa shape index (κ1) is 10.1. The lowest BCUT2D eigenvalue weighted by Crippen LogP contribution is -2.38. The molecule has 0 rings (SSSR count). The van der Waals surface area contributed by atoms with E-state index in [1.54, 1.807) is 0 Å². The lowest BCUT2D eigenvalue weighted by atomic mass is 10.5. The van der Waals surface area contributed by atoms with Crippen LogP contribution in [0.5, 0.6) is 0 Å². The molecule has 0 aliphatic heterocycles. The van der Waals surface area contributed by atoms with Crippen molar-refractivity contribution in [3.05, 3.63) is 0 Å². The van der Waals surface area contributed by atoms with Crippen molar-refractivity contribution in [1.82, 2.24) is 5.32 Å². The first-order valence-electron chi connectivity index (χ1n) is 3.74. The van der Waals surface area contributed by atoms with E-state index in [0.717, 1.165) is 6.54 Å². The molecule has 1 N–H and O–H groups in total. The van der Waals surface area contributed by atoms with Gasteiger partial charge in [-0.05, 0) is 32.2 Å². The van der Waals surface area contributed by atoms with Crippen LogP contribution in [0.3, 0.4) is 0 Å². The Balaban J connectivity index is 3.78. The summed E-state index contributed by atoms with van der Waals surface area (Å²) in [6, 6.07) is 0. The zero-order valence-corrected chi connectivity index (χ0v) is 8.69. The van der Waals surface area contributed by atoms with Crippen LogP contribution in [0, 0.1) is 0 Å². The molecule has 0 aliphatic rings. The molecule has 0 heterocycles. The van der Waals surface area contributed by atoms with Gasteiger partial charge in [-0.3, -0.25) is 0 Å². The van der Waals surface area contributed by atoms with Crippen molar-refractivity contribution in [2.75, 3.05) is 20.7 Å². The molecule has 1 unspecified atom stereocenters. The quantitative estimate of drug-likeness (QED) is 0.630. The lowest BCUT2D eigenvalue weighted by Gasteiger charge is -2.27. The van der Waals surface area contributed by atoms with E-state index >= 15 is 0 Å². The molecular formula is C7H19NOSi. The van der Waals surface area contributed by atoms with Crippen LogP contribution in [0.1, 0.15) is 6.92 Å². The van der Waals surface area contributed by atoms with Crippen LogP contribution in [0.25, 0.3) is 0 Å². The standard InChI is InChI=1S/C7H19NOSi/c1-7(6-8-2)10(4,5)9-3/h7-8H,6H2,1-5H3. The first-order valence-corrected chi connectivity index (χ1v) is 6.73. The van der Waals surface area contributed by atoms with Crippen LogP contribution in [-0.2, 0) is 4.43 Å². The van der Waals surface area contributed by atoms with Gasteiger partial charge in [0.1, 0.15) is 0 Å². The molecule has 10 heavy (non-hydrogen) atoms. The van der Waals surface area contributed by atoms with E-state index in [1.807, 2.05) is 14.2 Å². The maximum atomic E-state index is 5.45. The molecule has 0 saturated heterocycles. The van der Waals surface area contributed by atoms with E-state index in [9.17, 15) is 0 Å². The minimum absolute atomic E-state index is 0.683. The molecule has 0 spiro atoms. The average molecular weight is 161 g/mol. The predicted octanol–water partition coefficient (Wildman–Crippen LogP) is 1.45. The molecule has 62 valence electrons. The lowest BCUT2D eigenvalue weighted by molar-refractivity contribution is 0.390. The fourth-order valence-corrected chi connectivity index (χ4v) is 1.85. The highest BCUT2D eigenvalue weighted by Crippen LogP contribution is 2.19. The zero-order chi connectivity index (χ0) is 8.20. The van der Waals surface area contributed by atoms with Gasteiger partial charge in [-0.15, -0.1) is 0 Å². The molecule has 0 aliphatic carbocycles. The van der Waals surface area contributed by atoms with Crippen molar-refractivity contribution in [3.8, 4) is 0 Å². The van der Waals surface area contributed by atoms with E-state index in [-0.39, 0.29) is 0 Å². The van der Waals surface area contributed by atoms with E-state index in [4.69, 9.17) is 4.43 Å². The third kappa shape index (κ3) is 2.81. The normalized spacial score (nSPS) is 15.3. The number of rotatable bonds is 4. The molecule has 0 fully saturated rings. The van der Waals surface area contributed by atoms with Gasteiger partial charge >= 0.3 is 0 Å². The molecule has 1 atom stereocenters. The van der Waals surface area contributed by atoms with Gasteiger partial charge in [0.05, 0.1) is 0 Å². The van der Waals surface area contributed by atoms with Gasteiger partial charge in [-0.2, -0.15) is 0 Å².